The molecule has 0 spiro atoms. The van der Waals surface area contributed by atoms with Crippen LogP contribution >= 0.6 is 0 Å². The zero-order chi connectivity index (χ0) is 22.1. The molecule has 0 aliphatic rings. The molecular weight excluding hydrogens is 393 g/mol. The molecule has 6 heteroatoms. The van der Waals surface area contributed by atoms with E-state index < -0.39 is 5.82 Å². The van der Waals surface area contributed by atoms with Crippen LogP contribution in [-0.4, -0.2) is 22.3 Å². The zero-order valence-corrected chi connectivity index (χ0v) is 17.2. The van der Waals surface area contributed by atoms with Crippen LogP contribution in [0.2, 0.25) is 0 Å². The maximum absolute atomic E-state index is 14.4. The van der Waals surface area contributed by atoms with Gasteiger partial charge < -0.3 is 9.64 Å². The predicted octanol–water partition coefficient (Wildman–Crippen LogP) is 5.34. The molecule has 0 N–H and O–H groups in total. The van der Waals surface area contributed by atoms with Crippen LogP contribution in [0.25, 0.3) is 6.08 Å². The van der Waals surface area contributed by atoms with Crippen molar-refractivity contribution in [2.75, 3.05) is 6.54 Å². The lowest BCUT2D eigenvalue weighted by atomic mass is 10.1. The predicted molar refractivity (Wildman–Crippen MR) is 117 cm³/mol. The van der Waals surface area contributed by atoms with E-state index in [0.29, 0.717) is 30.0 Å². The third-order valence-electron chi connectivity index (χ3n) is 4.50. The number of amides is 1. The summed E-state index contributed by atoms with van der Waals surface area (Å²) in [5.74, 6) is -0.161. The summed E-state index contributed by atoms with van der Waals surface area (Å²) in [6.07, 6.45) is 6.95. The molecule has 2 aromatic carbocycles. The highest BCUT2D eigenvalue weighted by Crippen LogP contribution is 2.25. The molecule has 1 heterocycles. The maximum atomic E-state index is 14.4. The number of nitriles is 1. The fourth-order valence-corrected chi connectivity index (χ4v) is 2.95. The highest BCUT2D eigenvalue weighted by molar-refractivity contribution is 5.91. The molecule has 0 fully saturated rings. The monoisotopic (exact) mass is 415 g/mol. The van der Waals surface area contributed by atoms with Gasteiger partial charge in [-0.1, -0.05) is 25.1 Å². The summed E-state index contributed by atoms with van der Waals surface area (Å²) in [5, 5.41) is 8.91. The standard InChI is InChI=1S/C25H22FN3O2/c1-2-14-29(18-21-7-5-20(16-27)6-8-21)25(30)12-10-19-9-11-24(23(26)15-19)31-22-4-3-13-28-17-22/h3-13,15,17H,2,14,18H2,1H3/b12-10+. The molecule has 0 bridgehead atoms. The molecular formula is C25H22FN3O2. The van der Waals surface area contributed by atoms with Crippen molar-refractivity contribution in [3.05, 3.63) is 95.6 Å². The molecule has 0 atom stereocenters. The average molecular weight is 415 g/mol. The minimum atomic E-state index is -0.526. The van der Waals surface area contributed by atoms with Gasteiger partial charge in [0.15, 0.2) is 11.6 Å². The molecule has 31 heavy (non-hydrogen) atoms. The van der Waals surface area contributed by atoms with E-state index in [4.69, 9.17) is 10.00 Å². The smallest absolute Gasteiger partial charge is 0.246 e. The van der Waals surface area contributed by atoms with Crippen molar-refractivity contribution < 1.29 is 13.9 Å². The number of aromatic nitrogens is 1. The highest BCUT2D eigenvalue weighted by atomic mass is 19.1. The Hall–Kier alpha value is -3.98. The van der Waals surface area contributed by atoms with Crippen LogP contribution in [0.3, 0.4) is 0 Å². The molecule has 1 amide bonds. The largest absolute Gasteiger partial charge is 0.453 e. The van der Waals surface area contributed by atoms with Crippen molar-refractivity contribution in [2.24, 2.45) is 0 Å². The van der Waals surface area contributed by atoms with E-state index in [-0.39, 0.29) is 11.7 Å². The summed E-state index contributed by atoms with van der Waals surface area (Å²) in [5.41, 5.74) is 2.08. The number of nitrogens with zero attached hydrogens (tertiary/aromatic N) is 3. The first-order chi connectivity index (χ1) is 15.1. The normalized spacial score (nSPS) is 10.6. The molecule has 0 saturated heterocycles. The van der Waals surface area contributed by atoms with Crippen LogP contribution in [-0.2, 0) is 11.3 Å². The highest BCUT2D eigenvalue weighted by Gasteiger charge is 2.11. The van der Waals surface area contributed by atoms with Gasteiger partial charge >= 0.3 is 0 Å². The molecule has 0 unspecified atom stereocenters. The summed E-state index contributed by atoms with van der Waals surface area (Å²) in [7, 11) is 0. The molecule has 0 saturated carbocycles. The van der Waals surface area contributed by atoms with Gasteiger partial charge in [-0.15, -0.1) is 0 Å². The van der Waals surface area contributed by atoms with E-state index in [2.05, 4.69) is 11.1 Å². The van der Waals surface area contributed by atoms with Crippen LogP contribution in [0, 0.1) is 17.1 Å². The van der Waals surface area contributed by atoms with E-state index in [1.165, 1.54) is 24.4 Å². The molecule has 156 valence electrons. The third-order valence-corrected chi connectivity index (χ3v) is 4.50. The van der Waals surface area contributed by atoms with Gasteiger partial charge in [-0.3, -0.25) is 9.78 Å². The number of hydrogen-bond acceptors (Lipinski definition) is 4. The number of hydrogen-bond donors (Lipinski definition) is 0. The van der Waals surface area contributed by atoms with Crippen LogP contribution < -0.4 is 4.74 Å². The number of pyridine rings is 1. The lowest BCUT2D eigenvalue weighted by molar-refractivity contribution is -0.126. The fraction of sp³-hybridized carbons (Fsp3) is 0.160. The van der Waals surface area contributed by atoms with Crippen molar-refractivity contribution in [2.45, 2.75) is 19.9 Å². The Kier molecular flexibility index (Phi) is 7.50. The number of carbonyl (C=O) groups is 1. The van der Waals surface area contributed by atoms with E-state index in [9.17, 15) is 9.18 Å². The lowest BCUT2D eigenvalue weighted by Crippen LogP contribution is -2.29. The van der Waals surface area contributed by atoms with Crippen molar-refractivity contribution in [3.63, 3.8) is 0 Å². The molecule has 0 radical (unpaired) electrons. The Balaban J connectivity index is 1.67. The van der Waals surface area contributed by atoms with Gasteiger partial charge in [0.2, 0.25) is 5.91 Å². The first-order valence-corrected chi connectivity index (χ1v) is 9.92. The molecule has 3 rings (SSSR count). The minimum Gasteiger partial charge on any atom is -0.453 e. The number of benzene rings is 2. The topological polar surface area (TPSA) is 66.2 Å². The second-order valence-corrected chi connectivity index (χ2v) is 6.88. The Morgan fingerprint density at radius 1 is 1.23 bits per heavy atom. The molecule has 3 aromatic rings. The average Bonchev–Trinajstić information content (AvgIpc) is 2.80. The number of carbonyl (C=O) groups excluding carboxylic acids is 1. The minimum absolute atomic E-state index is 0.0879. The second-order valence-electron chi connectivity index (χ2n) is 6.88. The number of halogens is 1. The second kappa shape index (κ2) is 10.7. The van der Waals surface area contributed by atoms with Crippen molar-refractivity contribution in [3.8, 4) is 17.6 Å². The summed E-state index contributed by atoms with van der Waals surface area (Å²) in [6, 6.07) is 17.2. The number of ether oxygens (including phenoxy) is 1. The molecule has 0 aliphatic heterocycles. The summed E-state index contributed by atoms with van der Waals surface area (Å²) >= 11 is 0. The Bertz CT molecular complexity index is 1090. The van der Waals surface area contributed by atoms with Crippen LogP contribution in [0.15, 0.2) is 73.1 Å². The lowest BCUT2D eigenvalue weighted by Gasteiger charge is -2.20. The SMILES string of the molecule is CCCN(Cc1ccc(C#N)cc1)C(=O)/C=C/c1ccc(Oc2cccnc2)c(F)c1. The fourth-order valence-electron chi connectivity index (χ4n) is 2.95. The van der Waals surface area contributed by atoms with E-state index in [1.807, 2.05) is 19.1 Å². The maximum Gasteiger partial charge on any atom is 0.246 e. The van der Waals surface area contributed by atoms with Gasteiger partial charge in [0.25, 0.3) is 0 Å². The first kappa shape index (κ1) is 21.7. The van der Waals surface area contributed by atoms with Crippen LogP contribution in [0.5, 0.6) is 11.5 Å². The van der Waals surface area contributed by atoms with E-state index >= 15 is 0 Å². The number of rotatable bonds is 8. The van der Waals surface area contributed by atoms with Gasteiger partial charge in [-0.25, -0.2) is 4.39 Å². The van der Waals surface area contributed by atoms with Crippen LogP contribution in [0.1, 0.15) is 30.0 Å². The van der Waals surface area contributed by atoms with E-state index in [1.54, 1.807) is 47.5 Å². The van der Waals surface area contributed by atoms with Gasteiger partial charge in [0.1, 0.15) is 5.75 Å². The Labute approximate surface area is 181 Å². The first-order valence-electron chi connectivity index (χ1n) is 9.92. The van der Waals surface area contributed by atoms with Crippen molar-refractivity contribution in [1.29, 1.82) is 5.26 Å². The van der Waals surface area contributed by atoms with Gasteiger partial charge in [0.05, 0.1) is 17.8 Å². The van der Waals surface area contributed by atoms with Gasteiger partial charge in [-0.2, -0.15) is 5.26 Å². The van der Waals surface area contributed by atoms with Crippen molar-refractivity contribution in [1.82, 2.24) is 9.88 Å². The van der Waals surface area contributed by atoms with Crippen molar-refractivity contribution >= 4 is 12.0 Å². The molecule has 0 aliphatic carbocycles. The summed E-state index contributed by atoms with van der Waals surface area (Å²) in [4.78, 5) is 18.3. The molecule has 1 aromatic heterocycles. The third kappa shape index (κ3) is 6.25. The summed E-state index contributed by atoms with van der Waals surface area (Å²) in [6.45, 7) is 3.03. The molecule has 5 nitrogen and oxygen atoms in total. The Morgan fingerprint density at radius 2 is 2.03 bits per heavy atom. The zero-order valence-electron chi connectivity index (χ0n) is 17.2. The van der Waals surface area contributed by atoms with Crippen LogP contribution in [0.4, 0.5) is 4.39 Å². The summed E-state index contributed by atoms with van der Waals surface area (Å²) < 4.78 is 19.9. The quantitative estimate of drug-likeness (QED) is 0.466. The Morgan fingerprint density at radius 3 is 2.68 bits per heavy atom. The van der Waals surface area contributed by atoms with Gasteiger partial charge in [-0.05, 0) is 60.0 Å². The van der Waals surface area contributed by atoms with E-state index in [0.717, 1.165) is 12.0 Å². The van der Waals surface area contributed by atoms with Gasteiger partial charge in [0, 0.05) is 25.4 Å².